The summed E-state index contributed by atoms with van der Waals surface area (Å²) in [6.45, 7) is 2.63. The van der Waals surface area contributed by atoms with Crippen molar-refractivity contribution < 1.29 is 9.84 Å². The predicted molar refractivity (Wildman–Crippen MR) is 53.5 cm³/mol. The number of hydrogen-bond donors (Lipinski definition) is 1. The maximum Gasteiger partial charge on any atom is 0.119 e. The normalized spacial score (nSPS) is 12.5. The van der Waals surface area contributed by atoms with Gasteiger partial charge in [0.2, 0.25) is 0 Å². The fourth-order valence-corrected chi connectivity index (χ4v) is 0.914. The molecule has 0 aliphatic heterocycles. The minimum Gasteiger partial charge on any atom is -0.508 e. The van der Waals surface area contributed by atoms with Crippen LogP contribution in [0.15, 0.2) is 24.3 Å². The predicted octanol–water partition coefficient (Wildman–Crippen LogP) is 2.65. The van der Waals surface area contributed by atoms with E-state index in [0.717, 1.165) is 5.75 Å². The van der Waals surface area contributed by atoms with Crippen molar-refractivity contribution in [1.82, 2.24) is 0 Å². The van der Waals surface area contributed by atoms with Gasteiger partial charge in [-0.1, -0.05) is 6.92 Å². The van der Waals surface area contributed by atoms with Crippen molar-refractivity contribution in [3.8, 4) is 11.5 Å². The number of aromatic hydroxyl groups is 1. The van der Waals surface area contributed by atoms with E-state index in [1.807, 2.05) is 6.92 Å². The molecule has 1 rings (SSSR count). The molecule has 0 heterocycles. The average molecular weight is 201 g/mol. The minimum absolute atomic E-state index is 0.248. The van der Waals surface area contributed by atoms with Crippen LogP contribution in [0.2, 0.25) is 0 Å². The Morgan fingerprint density at radius 1 is 1.38 bits per heavy atom. The quantitative estimate of drug-likeness (QED) is 0.758. The summed E-state index contributed by atoms with van der Waals surface area (Å²) in [5.74, 6) is 1.95. The van der Waals surface area contributed by atoms with Crippen LogP contribution in [0.1, 0.15) is 6.92 Å². The molecular formula is C10H13ClO2. The number of hydrogen-bond acceptors (Lipinski definition) is 2. The Morgan fingerprint density at radius 2 is 2.00 bits per heavy atom. The van der Waals surface area contributed by atoms with Gasteiger partial charge in [-0.05, 0) is 24.3 Å². The second-order valence-electron chi connectivity index (χ2n) is 3.06. The molecule has 2 nitrogen and oxygen atoms in total. The van der Waals surface area contributed by atoms with E-state index in [-0.39, 0.29) is 5.75 Å². The Morgan fingerprint density at radius 3 is 2.54 bits per heavy atom. The molecule has 0 aliphatic rings. The molecule has 1 unspecified atom stereocenters. The van der Waals surface area contributed by atoms with Gasteiger partial charge in [0, 0.05) is 11.8 Å². The van der Waals surface area contributed by atoms with Crippen molar-refractivity contribution in [1.29, 1.82) is 0 Å². The average Bonchev–Trinajstić information content (AvgIpc) is 2.16. The smallest absolute Gasteiger partial charge is 0.119 e. The number of ether oxygens (including phenoxy) is 1. The molecule has 1 atom stereocenters. The molecule has 0 saturated carbocycles. The van der Waals surface area contributed by atoms with Gasteiger partial charge in [-0.3, -0.25) is 0 Å². The van der Waals surface area contributed by atoms with E-state index in [4.69, 9.17) is 21.4 Å². The Balaban J connectivity index is 2.41. The Bertz CT molecular complexity index is 246. The fourth-order valence-electron chi connectivity index (χ4n) is 0.825. The maximum absolute atomic E-state index is 9.00. The zero-order valence-corrected chi connectivity index (χ0v) is 8.29. The molecular weight excluding hydrogens is 188 g/mol. The minimum atomic E-state index is 0.248. The van der Waals surface area contributed by atoms with Crippen molar-refractivity contribution in [2.45, 2.75) is 6.92 Å². The lowest BCUT2D eigenvalue weighted by atomic mass is 10.2. The third-order valence-corrected chi connectivity index (χ3v) is 2.16. The number of halogens is 1. The second kappa shape index (κ2) is 4.97. The summed E-state index contributed by atoms with van der Waals surface area (Å²) in [5.41, 5.74) is 0. The number of alkyl halides is 1. The first kappa shape index (κ1) is 10.2. The molecule has 0 amide bonds. The zero-order chi connectivity index (χ0) is 9.68. The van der Waals surface area contributed by atoms with E-state index < -0.39 is 0 Å². The monoisotopic (exact) mass is 200 g/mol. The highest BCUT2D eigenvalue weighted by atomic mass is 35.5. The van der Waals surface area contributed by atoms with Gasteiger partial charge in [0.15, 0.2) is 0 Å². The highest BCUT2D eigenvalue weighted by Gasteiger charge is 2.00. The summed E-state index contributed by atoms with van der Waals surface area (Å²) < 4.78 is 5.42. The standard InChI is InChI=1S/C10H13ClO2/c1-8(6-11)7-13-10-4-2-9(12)3-5-10/h2-5,8,12H,6-7H2,1H3. The lowest BCUT2D eigenvalue weighted by molar-refractivity contribution is 0.272. The van der Waals surface area contributed by atoms with Crippen LogP contribution >= 0.6 is 11.6 Å². The Labute approximate surface area is 83.1 Å². The Kier molecular flexibility index (Phi) is 3.90. The number of benzene rings is 1. The van der Waals surface area contributed by atoms with E-state index in [2.05, 4.69) is 0 Å². The summed E-state index contributed by atoms with van der Waals surface area (Å²) in [5, 5.41) is 9.00. The molecule has 13 heavy (non-hydrogen) atoms. The van der Waals surface area contributed by atoms with Crippen LogP contribution in [0.3, 0.4) is 0 Å². The molecule has 0 spiro atoms. The highest BCUT2D eigenvalue weighted by Crippen LogP contribution is 2.16. The second-order valence-corrected chi connectivity index (χ2v) is 3.37. The summed E-state index contributed by atoms with van der Waals surface area (Å²) in [7, 11) is 0. The van der Waals surface area contributed by atoms with Gasteiger partial charge < -0.3 is 9.84 Å². The molecule has 1 aromatic rings. The van der Waals surface area contributed by atoms with E-state index in [1.165, 1.54) is 0 Å². The summed E-state index contributed by atoms with van der Waals surface area (Å²) in [4.78, 5) is 0. The third-order valence-electron chi connectivity index (χ3n) is 1.63. The van der Waals surface area contributed by atoms with Crippen LogP contribution in [-0.2, 0) is 0 Å². The molecule has 3 heteroatoms. The van der Waals surface area contributed by atoms with Crippen LogP contribution < -0.4 is 4.74 Å². The van der Waals surface area contributed by atoms with Crippen molar-refractivity contribution in [2.75, 3.05) is 12.5 Å². The van der Waals surface area contributed by atoms with E-state index in [0.29, 0.717) is 18.4 Å². The van der Waals surface area contributed by atoms with Gasteiger partial charge in [0.25, 0.3) is 0 Å². The first-order valence-electron chi connectivity index (χ1n) is 4.20. The number of phenolic OH excluding ortho intramolecular Hbond substituents is 1. The first-order valence-corrected chi connectivity index (χ1v) is 4.73. The van der Waals surface area contributed by atoms with Gasteiger partial charge in [-0.2, -0.15) is 0 Å². The molecule has 0 aromatic heterocycles. The molecule has 0 bridgehead atoms. The number of phenols is 1. The maximum atomic E-state index is 9.00. The van der Waals surface area contributed by atoms with Crippen molar-refractivity contribution in [3.05, 3.63) is 24.3 Å². The Hall–Kier alpha value is -0.890. The fraction of sp³-hybridized carbons (Fsp3) is 0.400. The van der Waals surface area contributed by atoms with Gasteiger partial charge >= 0.3 is 0 Å². The van der Waals surface area contributed by atoms with Gasteiger partial charge in [0.1, 0.15) is 11.5 Å². The topological polar surface area (TPSA) is 29.5 Å². The number of rotatable bonds is 4. The highest BCUT2D eigenvalue weighted by molar-refractivity contribution is 6.18. The lowest BCUT2D eigenvalue weighted by Gasteiger charge is -2.09. The summed E-state index contributed by atoms with van der Waals surface area (Å²) in [6.07, 6.45) is 0. The molecule has 72 valence electrons. The van der Waals surface area contributed by atoms with E-state index in [1.54, 1.807) is 24.3 Å². The van der Waals surface area contributed by atoms with Crippen LogP contribution in [0, 0.1) is 5.92 Å². The van der Waals surface area contributed by atoms with E-state index >= 15 is 0 Å². The first-order chi connectivity index (χ1) is 6.22. The van der Waals surface area contributed by atoms with Crippen molar-refractivity contribution in [2.24, 2.45) is 5.92 Å². The molecule has 0 radical (unpaired) electrons. The molecule has 0 fully saturated rings. The van der Waals surface area contributed by atoms with Gasteiger partial charge in [-0.25, -0.2) is 0 Å². The van der Waals surface area contributed by atoms with Crippen LogP contribution in [-0.4, -0.2) is 17.6 Å². The van der Waals surface area contributed by atoms with Gasteiger partial charge in [0.05, 0.1) is 6.61 Å². The lowest BCUT2D eigenvalue weighted by Crippen LogP contribution is -2.09. The SMILES string of the molecule is CC(CCl)COc1ccc(O)cc1. The zero-order valence-electron chi connectivity index (χ0n) is 7.53. The van der Waals surface area contributed by atoms with E-state index in [9.17, 15) is 0 Å². The molecule has 0 saturated heterocycles. The van der Waals surface area contributed by atoms with Crippen LogP contribution in [0.5, 0.6) is 11.5 Å². The van der Waals surface area contributed by atoms with Crippen LogP contribution in [0.4, 0.5) is 0 Å². The summed E-state index contributed by atoms with van der Waals surface area (Å²) >= 11 is 5.62. The molecule has 1 aromatic carbocycles. The van der Waals surface area contributed by atoms with Gasteiger partial charge in [-0.15, -0.1) is 11.6 Å². The largest absolute Gasteiger partial charge is 0.508 e. The molecule has 1 N–H and O–H groups in total. The summed E-state index contributed by atoms with van der Waals surface area (Å²) in [6, 6.07) is 6.66. The van der Waals surface area contributed by atoms with Crippen LogP contribution in [0.25, 0.3) is 0 Å². The molecule has 0 aliphatic carbocycles. The van der Waals surface area contributed by atoms with Crippen molar-refractivity contribution >= 4 is 11.6 Å². The third kappa shape index (κ3) is 3.55. The van der Waals surface area contributed by atoms with Crippen molar-refractivity contribution in [3.63, 3.8) is 0 Å².